The van der Waals surface area contributed by atoms with Crippen LogP contribution in [0.5, 0.6) is 0 Å². The van der Waals surface area contributed by atoms with Gasteiger partial charge in [0.25, 0.3) is 5.56 Å². The predicted molar refractivity (Wildman–Crippen MR) is 108 cm³/mol. The average molecular weight is 359 g/mol. The van der Waals surface area contributed by atoms with Gasteiger partial charge in [-0.25, -0.2) is 4.98 Å². The summed E-state index contributed by atoms with van der Waals surface area (Å²) in [7, 11) is 0. The summed E-state index contributed by atoms with van der Waals surface area (Å²) in [6.45, 7) is 2.12. The van der Waals surface area contributed by atoms with Crippen molar-refractivity contribution in [3.63, 3.8) is 0 Å². The molecule has 128 valence electrons. The van der Waals surface area contributed by atoms with Crippen LogP contribution in [0.4, 0.5) is 0 Å². The van der Waals surface area contributed by atoms with Gasteiger partial charge in [-0.05, 0) is 23.1 Å². The molecule has 0 radical (unpaired) electrons. The van der Waals surface area contributed by atoms with Gasteiger partial charge in [-0.15, -0.1) is 11.3 Å². The first-order valence-electron chi connectivity index (χ1n) is 8.44. The minimum absolute atomic E-state index is 0.156. The smallest absolute Gasteiger partial charge is 0.267 e. The zero-order valence-corrected chi connectivity index (χ0v) is 15.1. The fourth-order valence-corrected chi connectivity index (χ4v) is 3.71. The van der Waals surface area contributed by atoms with E-state index in [2.05, 4.69) is 29.1 Å². The molecule has 5 heteroatoms. The molecule has 0 aliphatic carbocycles. The Morgan fingerprint density at radius 3 is 2.62 bits per heavy atom. The Morgan fingerprint density at radius 1 is 1.12 bits per heavy atom. The van der Waals surface area contributed by atoms with Gasteiger partial charge in [0.1, 0.15) is 11.2 Å². The van der Waals surface area contributed by atoms with Crippen molar-refractivity contribution in [1.29, 1.82) is 0 Å². The molecule has 0 aliphatic rings. The third-order valence-electron chi connectivity index (χ3n) is 4.28. The fraction of sp³-hybridized carbons (Fsp3) is 0.0952. The molecule has 2 aromatic carbocycles. The van der Waals surface area contributed by atoms with Crippen molar-refractivity contribution in [1.82, 2.24) is 9.66 Å². The Kier molecular flexibility index (Phi) is 4.46. The van der Waals surface area contributed by atoms with E-state index in [0.717, 1.165) is 27.9 Å². The quantitative estimate of drug-likeness (QED) is 0.501. The van der Waals surface area contributed by atoms with Crippen molar-refractivity contribution >= 4 is 27.8 Å². The van der Waals surface area contributed by atoms with Gasteiger partial charge in [0.05, 0.1) is 11.6 Å². The Morgan fingerprint density at radius 2 is 1.88 bits per heavy atom. The molecule has 0 bridgehead atoms. The molecule has 0 aliphatic heterocycles. The van der Waals surface area contributed by atoms with E-state index in [1.54, 1.807) is 6.21 Å². The van der Waals surface area contributed by atoms with Crippen LogP contribution < -0.4 is 5.56 Å². The van der Waals surface area contributed by atoms with Crippen LogP contribution in [-0.2, 0) is 6.42 Å². The molecule has 0 fully saturated rings. The summed E-state index contributed by atoms with van der Waals surface area (Å²) in [5, 5.41) is 6.91. The second-order valence-corrected chi connectivity index (χ2v) is 6.79. The Hall–Kier alpha value is -3.05. The Balaban J connectivity index is 1.75. The highest BCUT2D eigenvalue weighted by Crippen LogP contribution is 2.30. The molecule has 4 aromatic rings. The van der Waals surface area contributed by atoms with Gasteiger partial charge in [-0.3, -0.25) is 4.79 Å². The largest absolute Gasteiger partial charge is 0.283 e. The monoisotopic (exact) mass is 359 g/mol. The molecule has 0 amide bonds. The van der Waals surface area contributed by atoms with Gasteiger partial charge in [-0.2, -0.15) is 9.78 Å². The van der Waals surface area contributed by atoms with Gasteiger partial charge in [0.15, 0.2) is 0 Å². The highest BCUT2D eigenvalue weighted by atomic mass is 32.1. The van der Waals surface area contributed by atoms with Crippen molar-refractivity contribution in [3.05, 3.63) is 87.8 Å². The Labute approximate surface area is 155 Å². The number of aromatic nitrogens is 2. The molecule has 0 spiro atoms. The first-order valence-corrected chi connectivity index (χ1v) is 9.32. The molecule has 0 unspecified atom stereocenters. The molecule has 0 saturated heterocycles. The summed E-state index contributed by atoms with van der Waals surface area (Å²) in [6.07, 6.45) is 4.16. The normalized spacial score (nSPS) is 11.4. The van der Waals surface area contributed by atoms with Gasteiger partial charge >= 0.3 is 0 Å². The SMILES string of the molecule is CCc1ccc(/C=N/n2cnc3scc(-c4ccccc4)c3c2=O)cc1. The van der Waals surface area contributed by atoms with E-state index in [-0.39, 0.29) is 5.56 Å². The van der Waals surface area contributed by atoms with E-state index in [4.69, 9.17) is 0 Å². The number of hydrogen-bond donors (Lipinski definition) is 0. The number of thiophene rings is 1. The molecule has 0 saturated carbocycles. The lowest BCUT2D eigenvalue weighted by Crippen LogP contribution is -2.16. The van der Waals surface area contributed by atoms with E-state index >= 15 is 0 Å². The van der Waals surface area contributed by atoms with Crippen molar-refractivity contribution in [2.45, 2.75) is 13.3 Å². The third-order valence-corrected chi connectivity index (χ3v) is 5.17. The van der Waals surface area contributed by atoms with E-state index < -0.39 is 0 Å². The lowest BCUT2D eigenvalue weighted by molar-refractivity contribution is 0.819. The van der Waals surface area contributed by atoms with Crippen molar-refractivity contribution in [3.8, 4) is 11.1 Å². The number of hydrogen-bond acceptors (Lipinski definition) is 4. The third kappa shape index (κ3) is 3.09. The number of nitrogens with zero attached hydrogens (tertiary/aromatic N) is 3. The van der Waals surface area contributed by atoms with E-state index in [1.165, 1.54) is 27.9 Å². The molecule has 2 aromatic heterocycles. The lowest BCUT2D eigenvalue weighted by atomic mass is 10.1. The first-order chi connectivity index (χ1) is 12.8. The highest BCUT2D eigenvalue weighted by molar-refractivity contribution is 7.17. The van der Waals surface area contributed by atoms with Crippen LogP contribution in [-0.4, -0.2) is 15.9 Å². The zero-order valence-electron chi connectivity index (χ0n) is 14.3. The number of fused-ring (bicyclic) bond motifs is 1. The van der Waals surface area contributed by atoms with Gasteiger partial charge in [0, 0.05) is 10.9 Å². The van der Waals surface area contributed by atoms with Crippen molar-refractivity contribution in [2.75, 3.05) is 0 Å². The van der Waals surface area contributed by atoms with E-state index in [1.807, 2.05) is 47.8 Å². The molecular weight excluding hydrogens is 342 g/mol. The van der Waals surface area contributed by atoms with E-state index in [0.29, 0.717) is 5.39 Å². The number of rotatable bonds is 4. The molecule has 2 heterocycles. The van der Waals surface area contributed by atoms with Crippen LogP contribution in [0.3, 0.4) is 0 Å². The average Bonchev–Trinajstić information content (AvgIpc) is 3.13. The van der Waals surface area contributed by atoms with Crippen LogP contribution in [0.2, 0.25) is 0 Å². The summed E-state index contributed by atoms with van der Waals surface area (Å²) in [4.78, 5) is 18.0. The van der Waals surface area contributed by atoms with Gasteiger partial charge in [0.2, 0.25) is 0 Å². The van der Waals surface area contributed by atoms with Crippen LogP contribution in [0.15, 0.2) is 76.2 Å². The maximum absolute atomic E-state index is 12.9. The van der Waals surface area contributed by atoms with Gasteiger partial charge in [-0.1, -0.05) is 61.5 Å². The molecular formula is C21H17N3OS. The summed E-state index contributed by atoms with van der Waals surface area (Å²) in [6, 6.07) is 18.0. The lowest BCUT2D eigenvalue weighted by Gasteiger charge is -2.01. The summed E-state index contributed by atoms with van der Waals surface area (Å²) in [5.41, 5.74) is 3.97. The first kappa shape index (κ1) is 16.4. The Bertz CT molecular complexity index is 1130. The van der Waals surface area contributed by atoms with Gasteiger partial charge < -0.3 is 0 Å². The maximum Gasteiger partial charge on any atom is 0.283 e. The summed E-state index contributed by atoms with van der Waals surface area (Å²) < 4.78 is 1.30. The van der Waals surface area contributed by atoms with Crippen molar-refractivity contribution in [2.24, 2.45) is 5.10 Å². The highest BCUT2D eigenvalue weighted by Gasteiger charge is 2.12. The minimum Gasteiger partial charge on any atom is -0.267 e. The summed E-state index contributed by atoms with van der Waals surface area (Å²) in [5.74, 6) is 0. The molecule has 0 N–H and O–H groups in total. The van der Waals surface area contributed by atoms with Crippen LogP contribution in [0.1, 0.15) is 18.1 Å². The predicted octanol–water partition coefficient (Wildman–Crippen LogP) is 4.57. The standard InChI is InChI=1S/C21H17N3OS/c1-2-15-8-10-16(11-9-15)12-23-24-14-22-20-19(21(24)25)18(13-26-20)17-6-4-3-5-7-17/h3-14H,2H2,1H3/b23-12+. The zero-order chi connectivity index (χ0) is 17.9. The topological polar surface area (TPSA) is 47.2 Å². The molecule has 4 rings (SSSR count). The van der Waals surface area contributed by atoms with Crippen molar-refractivity contribution < 1.29 is 0 Å². The number of benzene rings is 2. The van der Waals surface area contributed by atoms with E-state index in [9.17, 15) is 4.79 Å². The fourth-order valence-electron chi connectivity index (χ4n) is 2.80. The molecule has 0 atom stereocenters. The van der Waals surface area contributed by atoms with Crippen LogP contribution >= 0.6 is 11.3 Å². The summed E-state index contributed by atoms with van der Waals surface area (Å²) >= 11 is 1.47. The second-order valence-electron chi connectivity index (χ2n) is 5.93. The second kappa shape index (κ2) is 7.06. The molecule has 26 heavy (non-hydrogen) atoms. The number of aryl methyl sites for hydroxylation is 1. The minimum atomic E-state index is -0.156. The maximum atomic E-state index is 12.9. The van der Waals surface area contributed by atoms with Crippen LogP contribution in [0, 0.1) is 0 Å². The molecule has 4 nitrogen and oxygen atoms in total. The van der Waals surface area contributed by atoms with Crippen LogP contribution in [0.25, 0.3) is 21.3 Å².